The van der Waals surface area contributed by atoms with Crippen molar-refractivity contribution in [3.63, 3.8) is 0 Å². The number of carbonyl (C=O) groups is 1. The van der Waals surface area contributed by atoms with Crippen molar-refractivity contribution in [3.05, 3.63) is 26.7 Å². The zero-order chi connectivity index (χ0) is 17.5. The fraction of sp³-hybridized carbons (Fsp3) is 0.500. The van der Waals surface area contributed by atoms with E-state index in [1.807, 2.05) is 0 Å². The Morgan fingerprint density at radius 3 is 2.70 bits per heavy atom. The quantitative estimate of drug-likeness (QED) is 0.823. The second-order valence-corrected chi connectivity index (χ2v) is 4.46. The number of hydrogen-bond donors (Lipinski definition) is 1. The number of aromatic nitrogens is 4. The summed E-state index contributed by atoms with van der Waals surface area (Å²) in [5.74, 6) is -0.949. The minimum absolute atomic E-state index is 0.0110. The summed E-state index contributed by atoms with van der Waals surface area (Å²) in [5, 5.41) is 8.65. The highest BCUT2D eigenvalue weighted by Crippen LogP contribution is 2.07. The molecule has 2 rings (SSSR count). The van der Waals surface area contributed by atoms with Crippen LogP contribution in [-0.2, 0) is 25.4 Å². The van der Waals surface area contributed by atoms with Gasteiger partial charge in [-0.25, -0.2) is 9.78 Å². The molecule has 2 aromatic heterocycles. The second-order valence-electron chi connectivity index (χ2n) is 4.46. The summed E-state index contributed by atoms with van der Waals surface area (Å²) in [6.07, 6.45) is -0.123. The van der Waals surface area contributed by atoms with Gasteiger partial charge in [0, 0.05) is 31.1 Å². The molecule has 1 N–H and O–H groups in total. The molecule has 0 bridgehead atoms. The van der Waals surface area contributed by atoms with E-state index in [-0.39, 0.29) is 36.4 Å². The fourth-order valence-corrected chi connectivity index (χ4v) is 2.02. The summed E-state index contributed by atoms with van der Waals surface area (Å²) in [6, 6.07) is 0. The van der Waals surface area contributed by atoms with E-state index in [9.17, 15) is 14.4 Å². The third-order valence-electron chi connectivity index (χ3n) is 3.08. The van der Waals surface area contributed by atoms with Crippen molar-refractivity contribution in [2.24, 2.45) is 14.0 Å². The minimum Gasteiger partial charge on any atom is -0.481 e. The summed E-state index contributed by atoms with van der Waals surface area (Å²) >= 11 is 0. The van der Waals surface area contributed by atoms with Gasteiger partial charge in [-0.3, -0.25) is 18.7 Å². The van der Waals surface area contributed by atoms with Gasteiger partial charge in [-0.1, -0.05) is 0 Å². The highest BCUT2D eigenvalue weighted by molar-refractivity contribution is 5.70. The zero-order valence-corrected chi connectivity index (χ0v) is 11.1. The van der Waals surface area contributed by atoms with Gasteiger partial charge in [-0.15, -0.1) is 0 Å². The first-order valence-electron chi connectivity index (χ1n) is 7.47. The van der Waals surface area contributed by atoms with Crippen LogP contribution < -0.4 is 11.2 Å². The molecule has 0 radical (unpaired) electrons. The predicted molar refractivity (Wildman–Crippen MR) is 71.8 cm³/mol. The standard InChI is InChI=1S/C12H16N4O4/c1-7-13-10-9(14(7)2)11(19)16(12(20)15(10)3)6-4-5-8(17)18/h4-6H2,1-3H3,(H,17,18)/i2D3. The van der Waals surface area contributed by atoms with Crippen molar-refractivity contribution in [2.75, 3.05) is 0 Å². The largest absolute Gasteiger partial charge is 0.481 e. The normalized spacial score (nSPS) is 14.0. The first-order chi connectivity index (χ1) is 10.6. The van der Waals surface area contributed by atoms with Crippen molar-refractivity contribution in [1.82, 2.24) is 18.7 Å². The number of fused-ring (bicyclic) bond motifs is 1. The molecule has 20 heavy (non-hydrogen) atoms. The van der Waals surface area contributed by atoms with Gasteiger partial charge in [0.05, 0.1) is 0 Å². The maximum Gasteiger partial charge on any atom is 0.332 e. The molecule has 0 amide bonds. The Morgan fingerprint density at radius 2 is 2.10 bits per heavy atom. The van der Waals surface area contributed by atoms with Crippen LogP contribution in [0.2, 0.25) is 0 Å². The summed E-state index contributed by atoms with van der Waals surface area (Å²) < 4.78 is 25.4. The zero-order valence-electron chi connectivity index (χ0n) is 14.1. The number of hydrogen-bond acceptors (Lipinski definition) is 4. The second kappa shape index (κ2) is 4.95. The lowest BCUT2D eigenvalue weighted by Crippen LogP contribution is -2.39. The smallest absolute Gasteiger partial charge is 0.332 e. The average Bonchev–Trinajstić information content (AvgIpc) is 2.77. The molecule has 0 saturated carbocycles. The molecule has 0 saturated heterocycles. The minimum atomic E-state index is -2.62. The van der Waals surface area contributed by atoms with Gasteiger partial charge in [0.1, 0.15) is 5.82 Å². The number of rotatable bonds is 4. The molecule has 0 aliphatic rings. The van der Waals surface area contributed by atoms with E-state index >= 15 is 0 Å². The molecule has 0 atom stereocenters. The topological polar surface area (TPSA) is 99.1 Å². The first kappa shape index (κ1) is 10.4. The van der Waals surface area contributed by atoms with E-state index in [0.717, 1.165) is 13.7 Å². The van der Waals surface area contributed by atoms with Crippen LogP contribution in [0.5, 0.6) is 0 Å². The van der Waals surface area contributed by atoms with Crippen LogP contribution in [0.15, 0.2) is 9.59 Å². The van der Waals surface area contributed by atoms with E-state index in [0.29, 0.717) is 0 Å². The lowest BCUT2D eigenvalue weighted by atomic mass is 10.3. The SMILES string of the molecule is [2H]C([2H])([2H])n1c(C)nc2c1c(=O)n(CCCC(=O)O)c(=O)n2C. The van der Waals surface area contributed by atoms with Crippen LogP contribution in [0.3, 0.4) is 0 Å². The van der Waals surface area contributed by atoms with Gasteiger partial charge in [-0.05, 0) is 13.3 Å². The van der Waals surface area contributed by atoms with Gasteiger partial charge < -0.3 is 9.67 Å². The molecule has 108 valence electrons. The first-order valence-corrected chi connectivity index (χ1v) is 5.97. The number of aryl methyl sites for hydroxylation is 3. The number of aliphatic carboxylic acids is 1. The van der Waals surface area contributed by atoms with Gasteiger partial charge in [0.25, 0.3) is 5.56 Å². The summed E-state index contributed by atoms with van der Waals surface area (Å²) in [7, 11) is 1.38. The van der Waals surface area contributed by atoms with Crippen molar-refractivity contribution in [2.45, 2.75) is 26.3 Å². The van der Waals surface area contributed by atoms with E-state index in [2.05, 4.69) is 4.98 Å². The van der Waals surface area contributed by atoms with Crippen LogP contribution in [0, 0.1) is 6.92 Å². The molecular formula is C12H16N4O4. The predicted octanol–water partition coefficient (Wildman–Crippen LogP) is -0.393. The van der Waals surface area contributed by atoms with Crippen molar-refractivity contribution in [3.8, 4) is 0 Å². The summed E-state index contributed by atoms with van der Waals surface area (Å²) in [5.41, 5.74) is -1.66. The van der Waals surface area contributed by atoms with Crippen molar-refractivity contribution >= 4 is 17.1 Å². The Bertz CT molecular complexity index is 891. The van der Waals surface area contributed by atoms with E-state index in [1.165, 1.54) is 14.0 Å². The molecule has 0 spiro atoms. The summed E-state index contributed by atoms with van der Waals surface area (Å²) in [6.45, 7) is -1.29. The Labute approximate surface area is 118 Å². The van der Waals surface area contributed by atoms with Crippen molar-refractivity contribution in [1.29, 1.82) is 0 Å². The molecule has 8 heteroatoms. The van der Waals surface area contributed by atoms with Gasteiger partial charge in [-0.2, -0.15) is 0 Å². The van der Waals surface area contributed by atoms with E-state index < -0.39 is 24.2 Å². The van der Waals surface area contributed by atoms with Gasteiger partial charge in [0.2, 0.25) is 0 Å². The number of nitrogens with zero attached hydrogens (tertiary/aromatic N) is 4. The van der Waals surface area contributed by atoms with Gasteiger partial charge >= 0.3 is 11.7 Å². The molecule has 2 aromatic rings. The van der Waals surface area contributed by atoms with Crippen LogP contribution in [0.1, 0.15) is 22.8 Å². The molecular weight excluding hydrogens is 264 g/mol. The maximum atomic E-state index is 12.5. The molecule has 0 aliphatic heterocycles. The Morgan fingerprint density at radius 1 is 1.40 bits per heavy atom. The summed E-state index contributed by atoms with van der Waals surface area (Å²) in [4.78, 5) is 39.4. The van der Waals surface area contributed by atoms with E-state index in [4.69, 9.17) is 9.22 Å². The third kappa shape index (κ3) is 2.13. The molecule has 0 fully saturated rings. The molecule has 2 heterocycles. The van der Waals surface area contributed by atoms with E-state index in [1.54, 1.807) is 0 Å². The number of carboxylic acids is 1. The Kier molecular flexibility index (Phi) is 2.58. The van der Waals surface area contributed by atoms with Crippen molar-refractivity contribution < 1.29 is 14.0 Å². The van der Waals surface area contributed by atoms with Crippen LogP contribution in [-0.4, -0.2) is 29.8 Å². The van der Waals surface area contributed by atoms with Gasteiger partial charge in [0.15, 0.2) is 11.2 Å². The van der Waals surface area contributed by atoms with Crippen LogP contribution in [0.4, 0.5) is 0 Å². The van der Waals surface area contributed by atoms with Crippen LogP contribution >= 0.6 is 0 Å². The monoisotopic (exact) mass is 283 g/mol. The van der Waals surface area contributed by atoms with Crippen LogP contribution in [0.25, 0.3) is 11.2 Å². The number of carboxylic acid groups (broad SMARTS) is 1. The number of imidazole rings is 1. The molecule has 0 aliphatic carbocycles. The maximum absolute atomic E-state index is 12.5. The fourth-order valence-electron chi connectivity index (χ4n) is 2.02. The third-order valence-corrected chi connectivity index (χ3v) is 3.08. The lowest BCUT2D eigenvalue weighted by Gasteiger charge is -2.07. The highest BCUT2D eigenvalue weighted by atomic mass is 16.4. The highest BCUT2D eigenvalue weighted by Gasteiger charge is 2.16. The molecule has 0 aromatic carbocycles. The molecule has 8 nitrogen and oxygen atoms in total. The lowest BCUT2D eigenvalue weighted by molar-refractivity contribution is -0.137. The Balaban J connectivity index is 2.74. The Hall–Kier alpha value is -2.38. The molecule has 0 unspecified atom stereocenters. The average molecular weight is 283 g/mol.